The van der Waals surface area contributed by atoms with Crippen LogP contribution in [0, 0.1) is 0 Å². The van der Waals surface area contributed by atoms with Gasteiger partial charge >= 0.3 is 0 Å². The number of nitrogens with zero attached hydrogens (tertiary/aromatic N) is 3. The van der Waals surface area contributed by atoms with E-state index in [1.54, 1.807) is 6.07 Å². The van der Waals surface area contributed by atoms with E-state index in [1.807, 2.05) is 30.5 Å². The van der Waals surface area contributed by atoms with Crippen molar-refractivity contribution in [3.8, 4) is 0 Å². The minimum Gasteiger partial charge on any atom is -0.309 e. The van der Waals surface area contributed by atoms with Crippen LogP contribution < -0.4 is 5.56 Å². The number of fused-ring (bicyclic) bond motifs is 2. The van der Waals surface area contributed by atoms with Crippen LogP contribution >= 0.6 is 0 Å². The lowest BCUT2D eigenvalue weighted by Gasteiger charge is -2.20. The number of hydrogen-bond acceptors (Lipinski definition) is 4. The van der Waals surface area contributed by atoms with Crippen molar-refractivity contribution < 1.29 is 0 Å². The van der Waals surface area contributed by atoms with Crippen LogP contribution in [0.5, 0.6) is 0 Å². The molecule has 0 saturated carbocycles. The molecule has 0 aliphatic carbocycles. The Bertz CT molecular complexity index is 1110. The van der Waals surface area contributed by atoms with E-state index in [1.165, 1.54) is 5.56 Å². The zero-order valence-electron chi connectivity index (χ0n) is 14.6. The minimum absolute atomic E-state index is 0.0894. The van der Waals surface area contributed by atoms with Crippen molar-refractivity contribution in [2.45, 2.75) is 20.0 Å². The molecule has 0 aliphatic rings. The van der Waals surface area contributed by atoms with Crippen LogP contribution in [0.2, 0.25) is 0 Å². The van der Waals surface area contributed by atoms with E-state index in [4.69, 9.17) is 0 Å². The number of aromatic amines is 1. The zero-order valence-corrected chi connectivity index (χ0v) is 14.6. The highest BCUT2D eigenvalue weighted by molar-refractivity contribution is 5.81. The predicted molar refractivity (Wildman–Crippen MR) is 104 cm³/mol. The minimum atomic E-state index is -0.0894. The van der Waals surface area contributed by atoms with Crippen molar-refractivity contribution in [1.29, 1.82) is 0 Å². The lowest BCUT2D eigenvalue weighted by atomic mass is 10.1. The van der Waals surface area contributed by atoms with Gasteiger partial charge in [-0.25, -0.2) is 4.98 Å². The Morgan fingerprint density at radius 3 is 2.73 bits per heavy atom. The van der Waals surface area contributed by atoms with Crippen molar-refractivity contribution in [2.75, 3.05) is 6.54 Å². The van der Waals surface area contributed by atoms with Gasteiger partial charge in [0.05, 0.1) is 23.0 Å². The SMILES string of the molecule is CCN(Cc1nc2ccccc2c(=O)[nH]1)Cc1cccc2cccnc12. The molecule has 130 valence electrons. The van der Waals surface area contributed by atoms with Gasteiger partial charge in [0.25, 0.3) is 5.56 Å². The lowest BCUT2D eigenvalue weighted by Crippen LogP contribution is -2.25. The summed E-state index contributed by atoms with van der Waals surface area (Å²) in [5, 5.41) is 1.76. The van der Waals surface area contributed by atoms with E-state index >= 15 is 0 Å². The number of hydrogen-bond donors (Lipinski definition) is 1. The van der Waals surface area contributed by atoms with Gasteiger partial charge in [-0.2, -0.15) is 0 Å². The first-order chi connectivity index (χ1) is 12.7. The summed E-state index contributed by atoms with van der Waals surface area (Å²) in [6, 6.07) is 17.7. The molecule has 0 unspecified atom stereocenters. The number of pyridine rings is 1. The van der Waals surface area contributed by atoms with Crippen LogP contribution in [0.25, 0.3) is 21.8 Å². The first kappa shape index (κ1) is 16.4. The smallest absolute Gasteiger partial charge is 0.258 e. The van der Waals surface area contributed by atoms with E-state index in [2.05, 4.69) is 51.0 Å². The van der Waals surface area contributed by atoms with Crippen molar-refractivity contribution in [3.63, 3.8) is 0 Å². The predicted octanol–water partition coefficient (Wildman–Crippen LogP) is 3.49. The van der Waals surface area contributed by atoms with Crippen molar-refractivity contribution in [3.05, 3.63) is 82.5 Å². The number of H-pyrrole nitrogens is 1. The molecule has 0 spiro atoms. The summed E-state index contributed by atoms with van der Waals surface area (Å²) in [7, 11) is 0. The van der Waals surface area contributed by atoms with Gasteiger partial charge in [0, 0.05) is 18.1 Å². The summed E-state index contributed by atoms with van der Waals surface area (Å²) in [6.45, 7) is 4.29. The Morgan fingerprint density at radius 2 is 1.85 bits per heavy atom. The van der Waals surface area contributed by atoms with E-state index in [9.17, 15) is 4.79 Å². The molecular weight excluding hydrogens is 324 g/mol. The monoisotopic (exact) mass is 344 g/mol. The fourth-order valence-electron chi connectivity index (χ4n) is 3.24. The molecule has 0 radical (unpaired) electrons. The van der Waals surface area contributed by atoms with Gasteiger partial charge in [0.1, 0.15) is 5.82 Å². The Morgan fingerprint density at radius 1 is 1.00 bits per heavy atom. The third-order valence-corrected chi connectivity index (χ3v) is 4.59. The molecule has 26 heavy (non-hydrogen) atoms. The Balaban J connectivity index is 1.63. The van der Waals surface area contributed by atoms with Gasteiger partial charge in [0.15, 0.2) is 0 Å². The second-order valence-corrected chi connectivity index (χ2v) is 6.33. The highest BCUT2D eigenvalue weighted by atomic mass is 16.1. The molecule has 0 fully saturated rings. The molecule has 0 saturated heterocycles. The Labute approximate surface area is 151 Å². The van der Waals surface area contributed by atoms with Crippen LogP contribution in [-0.2, 0) is 13.1 Å². The van der Waals surface area contributed by atoms with Crippen LogP contribution in [0.1, 0.15) is 18.3 Å². The molecule has 1 N–H and O–H groups in total. The van der Waals surface area contributed by atoms with Gasteiger partial charge in [-0.3, -0.25) is 14.7 Å². The average molecular weight is 344 g/mol. The number of nitrogens with one attached hydrogen (secondary N) is 1. The summed E-state index contributed by atoms with van der Waals surface area (Å²) in [5.41, 5.74) is 2.84. The number of para-hydroxylation sites is 2. The molecule has 2 aromatic carbocycles. The van der Waals surface area contributed by atoms with E-state index in [0.29, 0.717) is 17.8 Å². The maximum absolute atomic E-state index is 12.3. The third kappa shape index (κ3) is 3.21. The molecule has 5 heteroatoms. The van der Waals surface area contributed by atoms with Crippen LogP contribution in [0.4, 0.5) is 0 Å². The number of benzene rings is 2. The first-order valence-electron chi connectivity index (χ1n) is 8.77. The molecule has 2 aromatic heterocycles. The molecular formula is C21H20N4O. The summed E-state index contributed by atoms with van der Waals surface area (Å²) in [6.07, 6.45) is 1.82. The number of aromatic nitrogens is 3. The fourth-order valence-corrected chi connectivity index (χ4v) is 3.24. The molecule has 4 aromatic rings. The number of rotatable bonds is 5. The van der Waals surface area contributed by atoms with Gasteiger partial charge in [0.2, 0.25) is 0 Å². The molecule has 0 aliphatic heterocycles. The van der Waals surface area contributed by atoms with Crippen molar-refractivity contribution in [1.82, 2.24) is 19.9 Å². The highest BCUT2D eigenvalue weighted by Gasteiger charge is 2.11. The summed E-state index contributed by atoms with van der Waals surface area (Å²) in [5.74, 6) is 0.684. The Hall–Kier alpha value is -3.05. The maximum atomic E-state index is 12.3. The van der Waals surface area contributed by atoms with E-state index in [-0.39, 0.29) is 5.56 Å². The quantitative estimate of drug-likeness (QED) is 0.602. The van der Waals surface area contributed by atoms with E-state index < -0.39 is 0 Å². The normalized spacial score (nSPS) is 11.5. The summed E-state index contributed by atoms with van der Waals surface area (Å²) >= 11 is 0. The largest absolute Gasteiger partial charge is 0.309 e. The molecule has 0 atom stereocenters. The second kappa shape index (κ2) is 7.06. The van der Waals surface area contributed by atoms with E-state index in [0.717, 1.165) is 29.5 Å². The van der Waals surface area contributed by atoms with Crippen molar-refractivity contribution >= 4 is 21.8 Å². The van der Waals surface area contributed by atoms with Crippen LogP contribution in [0.3, 0.4) is 0 Å². The topological polar surface area (TPSA) is 61.9 Å². The summed E-state index contributed by atoms with van der Waals surface area (Å²) < 4.78 is 0. The highest BCUT2D eigenvalue weighted by Crippen LogP contribution is 2.18. The van der Waals surface area contributed by atoms with Gasteiger partial charge in [-0.1, -0.05) is 43.3 Å². The second-order valence-electron chi connectivity index (χ2n) is 6.33. The average Bonchev–Trinajstić information content (AvgIpc) is 2.68. The van der Waals surface area contributed by atoms with Crippen molar-refractivity contribution in [2.24, 2.45) is 0 Å². The molecule has 0 bridgehead atoms. The van der Waals surface area contributed by atoms with Gasteiger partial charge < -0.3 is 4.98 Å². The third-order valence-electron chi connectivity index (χ3n) is 4.59. The Kier molecular flexibility index (Phi) is 4.46. The van der Waals surface area contributed by atoms with Crippen LogP contribution in [-0.4, -0.2) is 26.4 Å². The molecule has 4 rings (SSSR count). The fraction of sp³-hybridized carbons (Fsp3) is 0.190. The molecule has 2 heterocycles. The summed E-state index contributed by atoms with van der Waals surface area (Å²) in [4.78, 5) is 26.6. The zero-order chi connectivity index (χ0) is 17.9. The van der Waals surface area contributed by atoms with Crippen LogP contribution in [0.15, 0.2) is 65.6 Å². The molecule has 0 amide bonds. The van der Waals surface area contributed by atoms with Gasteiger partial charge in [-0.15, -0.1) is 0 Å². The molecule has 5 nitrogen and oxygen atoms in total. The lowest BCUT2D eigenvalue weighted by molar-refractivity contribution is 0.265. The first-order valence-corrected chi connectivity index (χ1v) is 8.77. The maximum Gasteiger partial charge on any atom is 0.258 e. The van der Waals surface area contributed by atoms with Gasteiger partial charge in [-0.05, 0) is 30.3 Å². The standard InChI is InChI=1S/C21H20N4O/c1-2-25(13-16-8-5-7-15-9-6-12-22-20(15)16)14-19-23-18-11-4-3-10-17(18)21(26)24-19/h3-12H,2,13-14H2,1H3,(H,23,24,26).